The van der Waals surface area contributed by atoms with Gasteiger partial charge in [-0.2, -0.15) is 0 Å². The van der Waals surface area contributed by atoms with E-state index in [0.29, 0.717) is 12.2 Å². The second-order valence-corrected chi connectivity index (χ2v) is 3.96. The van der Waals surface area contributed by atoms with E-state index < -0.39 is 6.03 Å². The molecule has 0 bridgehead atoms. The highest BCUT2D eigenvalue weighted by molar-refractivity contribution is 5.91. The van der Waals surface area contributed by atoms with Gasteiger partial charge in [0.1, 0.15) is 5.69 Å². The molecule has 0 saturated heterocycles. The van der Waals surface area contributed by atoms with E-state index in [2.05, 4.69) is 20.6 Å². The Hall–Kier alpha value is -2.96. The number of nitrogens with two attached hydrogens (primary N) is 1. The third kappa shape index (κ3) is 3.77. The lowest BCUT2D eigenvalue weighted by Gasteiger charge is -2.06. The number of primary amides is 1. The maximum Gasteiger partial charge on any atom is 0.316 e. The Labute approximate surface area is 115 Å². The standard InChI is InChI=1S/C13H13N5O2/c14-13(20)18-10-3-1-9(2-4-10)7-17-12(19)11-8-15-5-6-16-11/h1-6,8H,7H2,(H,17,19)(H3,14,18,20). The number of nitrogens with zero attached hydrogens (tertiary/aromatic N) is 2. The first kappa shape index (κ1) is 13.5. The number of carbonyl (C=O) groups is 2. The topological polar surface area (TPSA) is 110 Å². The van der Waals surface area contributed by atoms with Crippen molar-refractivity contribution in [2.45, 2.75) is 6.54 Å². The van der Waals surface area contributed by atoms with Gasteiger partial charge in [-0.25, -0.2) is 9.78 Å². The number of aromatic nitrogens is 2. The van der Waals surface area contributed by atoms with Crippen LogP contribution in [0.1, 0.15) is 16.1 Å². The Morgan fingerprint density at radius 1 is 1.15 bits per heavy atom. The Balaban J connectivity index is 1.91. The number of urea groups is 1. The number of benzene rings is 1. The number of amides is 3. The number of rotatable bonds is 4. The zero-order valence-corrected chi connectivity index (χ0v) is 10.5. The van der Waals surface area contributed by atoms with Crippen LogP contribution in [0.4, 0.5) is 10.5 Å². The normalized spacial score (nSPS) is 9.80. The molecule has 0 unspecified atom stereocenters. The summed E-state index contributed by atoms with van der Waals surface area (Å²) in [7, 11) is 0. The van der Waals surface area contributed by atoms with Crippen LogP contribution in [0.5, 0.6) is 0 Å². The monoisotopic (exact) mass is 271 g/mol. The van der Waals surface area contributed by atoms with Gasteiger partial charge in [0.2, 0.25) is 0 Å². The van der Waals surface area contributed by atoms with Crippen LogP contribution in [-0.2, 0) is 6.54 Å². The van der Waals surface area contributed by atoms with Crippen LogP contribution >= 0.6 is 0 Å². The van der Waals surface area contributed by atoms with Crippen molar-refractivity contribution >= 4 is 17.6 Å². The highest BCUT2D eigenvalue weighted by atomic mass is 16.2. The van der Waals surface area contributed by atoms with E-state index in [1.165, 1.54) is 18.6 Å². The van der Waals surface area contributed by atoms with Crippen molar-refractivity contribution in [1.29, 1.82) is 0 Å². The third-order valence-corrected chi connectivity index (χ3v) is 2.47. The zero-order chi connectivity index (χ0) is 14.4. The molecule has 0 atom stereocenters. The van der Waals surface area contributed by atoms with Gasteiger partial charge in [-0.1, -0.05) is 12.1 Å². The van der Waals surface area contributed by atoms with Crippen LogP contribution in [0.3, 0.4) is 0 Å². The average Bonchev–Trinajstić information content (AvgIpc) is 2.46. The lowest BCUT2D eigenvalue weighted by Crippen LogP contribution is -2.24. The predicted molar refractivity (Wildman–Crippen MR) is 72.9 cm³/mol. The highest BCUT2D eigenvalue weighted by Gasteiger charge is 2.06. The zero-order valence-electron chi connectivity index (χ0n) is 10.5. The minimum Gasteiger partial charge on any atom is -0.351 e. The van der Waals surface area contributed by atoms with Gasteiger partial charge in [-0.05, 0) is 17.7 Å². The third-order valence-electron chi connectivity index (χ3n) is 2.47. The first-order valence-corrected chi connectivity index (χ1v) is 5.85. The smallest absolute Gasteiger partial charge is 0.316 e. The Morgan fingerprint density at radius 2 is 1.90 bits per heavy atom. The summed E-state index contributed by atoms with van der Waals surface area (Å²) in [4.78, 5) is 30.1. The van der Waals surface area contributed by atoms with Crippen LogP contribution in [0.15, 0.2) is 42.9 Å². The minimum absolute atomic E-state index is 0.263. The fraction of sp³-hybridized carbons (Fsp3) is 0.0769. The molecule has 1 heterocycles. The summed E-state index contributed by atoms with van der Waals surface area (Å²) in [5.41, 5.74) is 6.75. The van der Waals surface area contributed by atoms with Crippen LogP contribution in [0, 0.1) is 0 Å². The van der Waals surface area contributed by atoms with Crippen molar-refractivity contribution in [3.8, 4) is 0 Å². The van der Waals surface area contributed by atoms with Gasteiger partial charge in [0, 0.05) is 24.6 Å². The van der Waals surface area contributed by atoms with Crippen molar-refractivity contribution in [3.63, 3.8) is 0 Å². The Morgan fingerprint density at radius 3 is 2.50 bits per heavy atom. The number of nitrogens with one attached hydrogen (secondary N) is 2. The van der Waals surface area contributed by atoms with E-state index in [1.54, 1.807) is 24.3 Å². The molecular weight excluding hydrogens is 258 g/mol. The van der Waals surface area contributed by atoms with E-state index in [9.17, 15) is 9.59 Å². The average molecular weight is 271 g/mol. The molecule has 4 N–H and O–H groups in total. The molecule has 0 spiro atoms. The van der Waals surface area contributed by atoms with E-state index >= 15 is 0 Å². The van der Waals surface area contributed by atoms with E-state index in [-0.39, 0.29) is 11.6 Å². The molecule has 0 radical (unpaired) electrons. The van der Waals surface area contributed by atoms with Crippen molar-refractivity contribution < 1.29 is 9.59 Å². The van der Waals surface area contributed by atoms with Gasteiger partial charge in [0.15, 0.2) is 0 Å². The Bertz CT molecular complexity index is 598. The largest absolute Gasteiger partial charge is 0.351 e. The van der Waals surface area contributed by atoms with Crippen molar-refractivity contribution in [1.82, 2.24) is 15.3 Å². The minimum atomic E-state index is -0.617. The van der Waals surface area contributed by atoms with Crippen molar-refractivity contribution in [2.24, 2.45) is 5.73 Å². The van der Waals surface area contributed by atoms with Crippen LogP contribution in [0.2, 0.25) is 0 Å². The summed E-state index contributed by atoms with van der Waals surface area (Å²) < 4.78 is 0. The maximum absolute atomic E-state index is 11.7. The molecule has 1 aromatic heterocycles. The van der Waals surface area contributed by atoms with Gasteiger partial charge in [-0.3, -0.25) is 9.78 Å². The molecule has 0 aliphatic heterocycles. The SMILES string of the molecule is NC(=O)Nc1ccc(CNC(=O)c2cnccn2)cc1. The molecule has 7 heteroatoms. The summed E-state index contributed by atoms with van der Waals surface area (Å²) in [6.07, 6.45) is 4.36. The fourth-order valence-electron chi connectivity index (χ4n) is 1.54. The molecule has 0 aliphatic carbocycles. The van der Waals surface area contributed by atoms with Gasteiger partial charge in [-0.15, -0.1) is 0 Å². The molecule has 2 rings (SSSR count). The molecule has 0 fully saturated rings. The molecule has 2 aromatic rings. The number of hydrogen-bond donors (Lipinski definition) is 3. The van der Waals surface area contributed by atoms with Gasteiger partial charge < -0.3 is 16.4 Å². The number of carbonyl (C=O) groups excluding carboxylic acids is 2. The van der Waals surface area contributed by atoms with Crippen LogP contribution in [-0.4, -0.2) is 21.9 Å². The van der Waals surface area contributed by atoms with Crippen LogP contribution < -0.4 is 16.4 Å². The molecule has 7 nitrogen and oxygen atoms in total. The molecule has 102 valence electrons. The molecule has 0 saturated carbocycles. The second kappa shape index (κ2) is 6.28. The van der Waals surface area contributed by atoms with Gasteiger partial charge >= 0.3 is 6.03 Å². The van der Waals surface area contributed by atoms with Crippen LogP contribution in [0.25, 0.3) is 0 Å². The quantitative estimate of drug-likeness (QED) is 0.767. The summed E-state index contributed by atoms with van der Waals surface area (Å²) in [5.74, 6) is -0.294. The van der Waals surface area contributed by atoms with Gasteiger partial charge in [0.25, 0.3) is 5.91 Å². The molecule has 20 heavy (non-hydrogen) atoms. The van der Waals surface area contributed by atoms with Crippen molar-refractivity contribution in [2.75, 3.05) is 5.32 Å². The van der Waals surface area contributed by atoms with E-state index in [4.69, 9.17) is 5.73 Å². The van der Waals surface area contributed by atoms with E-state index in [0.717, 1.165) is 5.56 Å². The summed E-state index contributed by atoms with van der Waals surface area (Å²) in [6.45, 7) is 0.353. The fourth-order valence-corrected chi connectivity index (χ4v) is 1.54. The summed E-state index contributed by atoms with van der Waals surface area (Å²) in [6, 6.07) is 6.35. The lowest BCUT2D eigenvalue weighted by atomic mass is 10.2. The first-order valence-electron chi connectivity index (χ1n) is 5.85. The summed E-state index contributed by atoms with van der Waals surface area (Å²) in [5, 5.41) is 5.18. The predicted octanol–water partition coefficient (Wildman–Crippen LogP) is 0.897. The molecule has 1 aromatic carbocycles. The van der Waals surface area contributed by atoms with Gasteiger partial charge in [0.05, 0.1) is 6.20 Å². The Kier molecular flexibility index (Phi) is 4.23. The molecule has 0 aliphatic rings. The number of hydrogen-bond acceptors (Lipinski definition) is 4. The first-order chi connectivity index (χ1) is 9.65. The molecular formula is C13H13N5O2. The lowest BCUT2D eigenvalue weighted by molar-refractivity contribution is 0.0945. The summed E-state index contributed by atoms with van der Waals surface area (Å²) >= 11 is 0. The number of anilines is 1. The second-order valence-electron chi connectivity index (χ2n) is 3.96. The highest BCUT2D eigenvalue weighted by Crippen LogP contribution is 2.09. The van der Waals surface area contributed by atoms with E-state index in [1.807, 2.05) is 0 Å². The van der Waals surface area contributed by atoms with Crippen molar-refractivity contribution in [3.05, 3.63) is 54.1 Å². The molecule has 3 amide bonds. The maximum atomic E-state index is 11.7.